The van der Waals surface area contributed by atoms with Crippen LogP contribution in [-0.4, -0.2) is 18.0 Å². The molecular weight excluding hydrogens is 289 g/mol. The van der Waals surface area contributed by atoms with Crippen LogP contribution in [0.5, 0.6) is 0 Å². The average molecular weight is 294 g/mol. The molecule has 5 nitrogen and oxygen atoms in total. The summed E-state index contributed by atoms with van der Waals surface area (Å²) in [6, 6.07) is 2.43. The molecule has 7 heteroatoms. The van der Waals surface area contributed by atoms with Gasteiger partial charge in [0.1, 0.15) is 5.02 Å². The Morgan fingerprint density at radius 3 is 2.67 bits per heavy atom. The molecule has 1 aromatic rings. The van der Waals surface area contributed by atoms with Crippen LogP contribution in [0, 0.1) is 10.1 Å². The number of carbonyl (C=O) groups is 1. The summed E-state index contributed by atoms with van der Waals surface area (Å²) < 4.78 is 4.72. The Hall–Kier alpha value is -1.14. The number of nitro benzene ring substituents is 1. The maximum atomic E-state index is 11.1. The first-order valence-corrected chi connectivity index (χ1v) is 4.86. The summed E-state index contributed by atoms with van der Waals surface area (Å²) in [6.45, 7) is 0. The Balaban J connectivity index is 3.35. The van der Waals surface area contributed by atoms with Gasteiger partial charge < -0.3 is 4.74 Å². The third kappa shape index (κ3) is 2.45. The Labute approximate surface area is 98.3 Å². The molecular formula is C8H5BrClNO4. The SMILES string of the molecule is COC(=O)c1cc(Br)c(Cl)c([N+](=O)[O-])c1. The van der Waals surface area contributed by atoms with Gasteiger partial charge in [-0.05, 0) is 22.0 Å². The van der Waals surface area contributed by atoms with Crippen molar-refractivity contribution in [1.29, 1.82) is 0 Å². The van der Waals surface area contributed by atoms with E-state index in [2.05, 4.69) is 20.7 Å². The largest absolute Gasteiger partial charge is 0.465 e. The monoisotopic (exact) mass is 293 g/mol. The lowest BCUT2D eigenvalue weighted by molar-refractivity contribution is -0.384. The van der Waals surface area contributed by atoms with Crippen molar-refractivity contribution in [3.05, 3.63) is 37.3 Å². The standard InChI is InChI=1S/C8H5BrClNO4/c1-15-8(12)4-2-5(9)7(10)6(3-4)11(13)14/h2-3H,1H3. The quantitative estimate of drug-likeness (QED) is 0.478. The molecule has 0 aliphatic rings. The zero-order valence-corrected chi connectivity index (χ0v) is 9.83. The van der Waals surface area contributed by atoms with Crippen molar-refractivity contribution in [2.24, 2.45) is 0 Å². The number of nitrogens with zero attached hydrogens (tertiary/aromatic N) is 1. The number of halogens is 2. The number of nitro groups is 1. The minimum Gasteiger partial charge on any atom is -0.465 e. The van der Waals surface area contributed by atoms with Gasteiger partial charge in [-0.25, -0.2) is 4.79 Å². The highest BCUT2D eigenvalue weighted by Gasteiger charge is 2.19. The van der Waals surface area contributed by atoms with Gasteiger partial charge in [-0.3, -0.25) is 10.1 Å². The van der Waals surface area contributed by atoms with E-state index in [1.165, 1.54) is 13.2 Å². The van der Waals surface area contributed by atoms with E-state index in [0.717, 1.165) is 6.07 Å². The van der Waals surface area contributed by atoms with Crippen LogP contribution in [0.2, 0.25) is 5.02 Å². The number of hydrogen-bond acceptors (Lipinski definition) is 4. The summed E-state index contributed by atoms with van der Waals surface area (Å²) in [7, 11) is 1.19. The normalized spacial score (nSPS) is 9.80. The van der Waals surface area contributed by atoms with Crippen molar-refractivity contribution in [1.82, 2.24) is 0 Å². The molecule has 0 bridgehead atoms. The van der Waals surface area contributed by atoms with Crippen LogP contribution in [0.4, 0.5) is 5.69 Å². The highest BCUT2D eigenvalue weighted by molar-refractivity contribution is 9.10. The Kier molecular flexibility index (Phi) is 3.65. The van der Waals surface area contributed by atoms with Crippen LogP contribution < -0.4 is 0 Å². The topological polar surface area (TPSA) is 69.4 Å². The van der Waals surface area contributed by atoms with Crippen molar-refractivity contribution in [2.75, 3.05) is 7.11 Å². The van der Waals surface area contributed by atoms with E-state index in [-0.39, 0.29) is 20.7 Å². The van der Waals surface area contributed by atoms with Gasteiger partial charge in [0.15, 0.2) is 0 Å². The minimum absolute atomic E-state index is 0.0485. The average Bonchev–Trinajstić information content (AvgIpc) is 2.20. The number of carbonyl (C=O) groups excluding carboxylic acids is 1. The second kappa shape index (κ2) is 4.59. The van der Waals surface area contributed by atoms with Crippen molar-refractivity contribution < 1.29 is 14.5 Å². The summed E-state index contributed by atoms with van der Waals surface area (Å²) in [4.78, 5) is 21.1. The summed E-state index contributed by atoms with van der Waals surface area (Å²) in [5, 5.41) is 10.5. The van der Waals surface area contributed by atoms with Crippen molar-refractivity contribution in [3.63, 3.8) is 0 Å². The maximum Gasteiger partial charge on any atom is 0.338 e. The minimum atomic E-state index is -0.667. The molecule has 0 fully saturated rings. The smallest absolute Gasteiger partial charge is 0.338 e. The second-order valence-electron chi connectivity index (χ2n) is 2.54. The van der Waals surface area contributed by atoms with Crippen LogP contribution >= 0.6 is 27.5 Å². The molecule has 0 N–H and O–H groups in total. The summed E-state index contributed by atoms with van der Waals surface area (Å²) in [5.41, 5.74) is -0.271. The Morgan fingerprint density at radius 1 is 1.60 bits per heavy atom. The second-order valence-corrected chi connectivity index (χ2v) is 3.77. The molecule has 0 heterocycles. The first-order valence-electron chi connectivity index (χ1n) is 3.69. The van der Waals surface area contributed by atoms with Gasteiger partial charge in [0, 0.05) is 10.5 Å². The molecule has 0 unspecified atom stereocenters. The third-order valence-corrected chi connectivity index (χ3v) is 2.88. The van der Waals surface area contributed by atoms with Crippen molar-refractivity contribution in [2.45, 2.75) is 0 Å². The van der Waals surface area contributed by atoms with Crippen molar-refractivity contribution >= 4 is 39.2 Å². The molecule has 0 aromatic heterocycles. The van der Waals surface area contributed by atoms with Crippen LogP contribution in [0.3, 0.4) is 0 Å². The molecule has 0 radical (unpaired) electrons. The van der Waals surface area contributed by atoms with Gasteiger partial charge in [-0.15, -0.1) is 0 Å². The molecule has 0 amide bonds. The lowest BCUT2D eigenvalue weighted by atomic mass is 10.2. The number of esters is 1. The van der Waals surface area contributed by atoms with Crippen molar-refractivity contribution in [3.8, 4) is 0 Å². The van der Waals surface area contributed by atoms with Gasteiger partial charge >= 0.3 is 5.97 Å². The van der Waals surface area contributed by atoms with E-state index in [0.29, 0.717) is 0 Å². The zero-order chi connectivity index (χ0) is 11.6. The summed E-state index contributed by atoms with van der Waals surface area (Å²) in [6.07, 6.45) is 0. The van der Waals surface area contributed by atoms with E-state index in [9.17, 15) is 14.9 Å². The molecule has 80 valence electrons. The van der Waals surface area contributed by atoms with E-state index in [1.807, 2.05) is 0 Å². The van der Waals surface area contributed by atoms with Gasteiger partial charge in [-0.1, -0.05) is 11.6 Å². The van der Waals surface area contributed by atoms with Gasteiger partial charge in [0.05, 0.1) is 17.6 Å². The molecule has 0 atom stereocenters. The van der Waals surface area contributed by atoms with Crippen LogP contribution in [-0.2, 0) is 4.74 Å². The Morgan fingerprint density at radius 2 is 2.20 bits per heavy atom. The highest BCUT2D eigenvalue weighted by atomic mass is 79.9. The third-order valence-electron chi connectivity index (χ3n) is 1.63. The predicted octanol–water partition coefficient (Wildman–Crippen LogP) is 2.80. The summed E-state index contributed by atoms with van der Waals surface area (Å²) >= 11 is 8.69. The number of ether oxygens (including phenoxy) is 1. The highest BCUT2D eigenvalue weighted by Crippen LogP contribution is 2.33. The number of methoxy groups -OCH3 is 1. The molecule has 0 saturated heterocycles. The molecule has 1 rings (SSSR count). The van der Waals surface area contributed by atoms with Crippen LogP contribution in [0.1, 0.15) is 10.4 Å². The Bertz CT molecular complexity index is 435. The van der Waals surface area contributed by atoms with E-state index >= 15 is 0 Å². The summed E-state index contributed by atoms with van der Waals surface area (Å²) in [5.74, 6) is -0.657. The molecule has 0 spiro atoms. The fourth-order valence-corrected chi connectivity index (χ4v) is 1.57. The molecule has 0 aliphatic heterocycles. The van der Waals surface area contributed by atoms with Gasteiger partial charge in [0.25, 0.3) is 5.69 Å². The predicted molar refractivity (Wildman–Crippen MR) is 57.1 cm³/mol. The van der Waals surface area contributed by atoms with E-state index in [1.54, 1.807) is 0 Å². The maximum absolute atomic E-state index is 11.1. The molecule has 0 saturated carbocycles. The fraction of sp³-hybridized carbons (Fsp3) is 0.125. The molecule has 1 aromatic carbocycles. The van der Waals surface area contributed by atoms with Crippen LogP contribution in [0.25, 0.3) is 0 Å². The fourth-order valence-electron chi connectivity index (χ4n) is 0.943. The number of benzene rings is 1. The van der Waals surface area contributed by atoms with Gasteiger partial charge in [0.2, 0.25) is 0 Å². The number of hydrogen-bond donors (Lipinski definition) is 0. The first-order chi connectivity index (χ1) is 6.97. The number of rotatable bonds is 2. The molecule has 15 heavy (non-hydrogen) atoms. The van der Waals surface area contributed by atoms with Gasteiger partial charge in [-0.2, -0.15) is 0 Å². The zero-order valence-electron chi connectivity index (χ0n) is 7.49. The van der Waals surface area contributed by atoms with E-state index < -0.39 is 10.9 Å². The first kappa shape index (κ1) is 11.9. The lowest BCUT2D eigenvalue weighted by Crippen LogP contribution is -2.02. The molecule has 0 aliphatic carbocycles. The van der Waals surface area contributed by atoms with E-state index in [4.69, 9.17) is 11.6 Å². The lowest BCUT2D eigenvalue weighted by Gasteiger charge is -2.02. The van der Waals surface area contributed by atoms with Crippen LogP contribution in [0.15, 0.2) is 16.6 Å².